The smallest absolute Gasteiger partial charge is 0.408 e. The molecular formula is C17H20N2O2. The summed E-state index contributed by atoms with van der Waals surface area (Å²) in [6, 6.07) is 10.1. The van der Waals surface area contributed by atoms with Crippen LogP contribution in [0.4, 0.5) is 4.79 Å². The molecule has 1 N–H and O–H groups in total. The van der Waals surface area contributed by atoms with Crippen LogP contribution in [0.5, 0.6) is 0 Å². The number of carboxylic acid groups (broad SMARTS) is 1. The van der Waals surface area contributed by atoms with Crippen molar-refractivity contribution in [3.8, 4) is 0 Å². The minimum atomic E-state index is -0.841. The molecule has 0 radical (unpaired) electrons. The van der Waals surface area contributed by atoms with E-state index >= 15 is 0 Å². The fourth-order valence-electron chi connectivity index (χ4n) is 3.59. The summed E-state index contributed by atoms with van der Waals surface area (Å²) in [7, 11) is 0. The minimum Gasteiger partial charge on any atom is -0.465 e. The Labute approximate surface area is 124 Å². The van der Waals surface area contributed by atoms with Crippen molar-refractivity contribution in [3.05, 3.63) is 42.2 Å². The third kappa shape index (κ3) is 2.15. The van der Waals surface area contributed by atoms with Crippen molar-refractivity contribution in [1.82, 2.24) is 9.88 Å². The number of nitrogens with zero attached hydrogens (tertiary/aromatic N) is 2. The lowest BCUT2D eigenvalue weighted by atomic mass is 9.79. The van der Waals surface area contributed by atoms with Gasteiger partial charge in [-0.2, -0.15) is 0 Å². The molecule has 4 heteroatoms. The lowest BCUT2D eigenvalue weighted by Crippen LogP contribution is -2.52. The van der Waals surface area contributed by atoms with E-state index in [4.69, 9.17) is 0 Å². The lowest BCUT2D eigenvalue weighted by molar-refractivity contribution is 0.0400. The third-order valence-corrected chi connectivity index (χ3v) is 4.67. The predicted molar refractivity (Wildman–Crippen MR) is 82.3 cm³/mol. The number of likely N-dealkylation sites (tertiary alicyclic amines) is 1. The monoisotopic (exact) mass is 284 g/mol. The van der Waals surface area contributed by atoms with Crippen molar-refractivity contribution >= 4 is 16.9 Å². The zero-order valence-corrected chi connectivity index (χ0v) is 12.2. The molecule has 2 heterocycles. The second-order valence-electron chi connectivity index (χ2n) is 5.66. The maximum Gasteiger partial charge on any atom is 0.408 e. The average molecular weight is 284 g/mol. The molecule has 0 spiro atoms. The summed E-state index contributed by atoms with van der Waals surface area (Å²) in [4.78, 5) is 17.9. The highest BCUT2D eigenvalue weighted by molar-refractivity contribution is 5.85. The van der Waals surface area contributed by atoms with Crippen molar-refractivity contribution in [2.24, 2.45) is 0 Å². The number of amides is 1. The molecule has 0 saturated carbocycles. The van der Waals surface area contributed by atoms with Crippen molar-refractivity contribution in [2.45, 2.75) is 38.1 Å². The van der Waals surface area contributed by atoms with Crippen LogP contribution < -0.4 is 0 Å². The number of hydrogen-bond acceptors (Lipinski definition) is 2. The van der Waals surface area contributed by atoms with Gasteiger partial charge in [-0.15, -0.1) is 0 Å². The molecule has 110 valence electrons. The van der Waals surface area contributed by atoms with Crippen molar-refractivity contribution in [1.29, 1.82) is 0 Å². The van der Waals surface area contributed by atoms with Gasteiger partial charge < -0.3 is 5.11 Å². The highest BCUT2D eigenvalue weighted by Crippen LogP contribution is 2.42. The summed E-state index contributed by atoms with van der Waals surface area (Å²) >= 11 is 0. The Hall–Kier alpha value is -2.10. The van der Waals surface area contributed by atoms with Crippen LogP contribution in [0.3, 0.4) is 0 Å². The van der Waals surface area contributed by atoms with Gasteiger partial charge in [-0.05, 0) is 37.1 Å². The normalized spacial score (nSPS) is 22.4. The molecule has 1 aromatic carbocycles. The number of rotatable bonds is 2. The minimum absolute atomic E-state index is 0.495. The first-order valence-electron chi connectivity index (χ1n) is 7.54. The number of aromatic nitrogens is 1. The summed E-state index contributed by atoms with van der Waals surface area (Å²) in [6.07, 6.45) is 4.52. The maximum absolute atomic E-state index is 11.7. The highest BCUT2D eigenvalue weighted by Gasteiger charge is 2.43. The van der Waals surface area contributed by atoms with Crippen molar-refractivity contribution in [3.63, 3.8) is 0 Å². The van der Waals surface area contributed by atoms with E-state index in [2.05, 4.69) is 18.0 Å². The standard InChI is InChI=1S/C17H20N2O2/c1-2-17(10-5-6-12-19(17)16(20)21)15-14-8-4-3-7-13(14)9-11-18-15/h3-4,7-9,11H,2,5-6,10,12H2,1H3,(H,20,21). The van der Waals surface area contributed by atoms with Gasteiger partial charge in [0.05, 0.1) is 11.2 Å². The molecule has 1 amide bonds. The second-order valence-corrected chi connectivity index (χ2v) is 5.66. The van der Waals surface area contributed by atoms with Crippen LogP contribution in [0.15, 0.2) is 36.5 Å². The zero-order valence-electron chi connectivity index (χ0n) is 12.2. The number of fused-ring (bicyclic) bond motifs is 1. The number of piperidine rings is 1. The van der Waals surface area contributed by atoms with Crippen LogP contribution in [-0.2, 0) is 5.54 Å². The number of carbonyl (C=O) groups is 1. The second kappa shape index (κ2) is 5.35. The van der Waals surface area contributed by atoms with E-state index in [1.807, 2.05) is 24.3 Å². The molecule has 0 aliphatic carbocycles. The first-order valence-corrected chi connectivity index (χ1v) is 7.54. The van der Waals surface area contributed by atoms with E-state index in [9.17, 15) is 9.90 Å². The Kier molecular flexibility index (Phi) is 3.53. The number of hydrogen-bond donors (Lipinski definition) is 1. The molecule has 0 bridgehead atoms. The van der Waals surface area contributed by atoms with Gasteiger partial charge in [0.25, 0.3) is 0 Å². The molecule has 1 aliphatic rings. The summed E-state index contributed by atoms with van der Waals surface area (Å²) in [5.41, 5.74) is 0.413. The zero-order chi connectivity index (χ0) is 14.9. The first-order chi connectivity index (χ1) is 10.2. The Balaban J connectivity index is 2.23. The summed E-state index contributed by atoms with van der Waals surface area (Å²) < 4.78 is 0. The molecule has 1 aliphatic heterocycles. The molecular weight excluding hydrogens is 264 g/mol. The number of benzene rings is 1. The highest BCUT2D eigenvalue weighted by atomic mass is 16.4. The molecule has 1 fully saturated rings. The van der Waals surface area contributed by atoms with Gasteiger partial charge in [-0.3, -0.25) is 9.88 Å². The molecule has 1 saturated heterocycles. The van der Waals surface area contributed by atoms with Gasteiger partial charge in [-0.25, -0.2) is 4.79 Å². The third-order valence-electron chi connectivity index (χ3n) is 4.67. The number of pyridine rings is 1. The van der Waals surface area contributed by atoms with E-state index < -0.39 is 11.6 Å². The fraction of sp³-hybridized carbons (Fsp3) is 0.412. The van der Waals surface area contributed by atoms with E-state index in [1.165, 1.54) is 0 Å². The fourth-order valence-corrected chi connectivity index (χ4v) is 3.59. The van der Waals surface area contributed by atoms with E-state index in [0.717, 1.165) is 42.1 Å². The van der Waals surface area contributed by atoms with Crippen molar-refractivity contribution in [2.75, 3.05) is 6.54 Å². The topological polar surface area (TPSA) is 53.4 Å². The largest absolute Gasteiger partial charge is 0.465 e. The summed E-state index contributed by atoms with van der Waals surface area (Å²) in [6.45, 7) is 2.65. The Morgan fingerprint density at radius 2 is 2.14 bits per heavy atom. The van der Waals surface area contributed by atoms with Crippen molar-refractivity contribution < 1.29 is 9.90 Å². The molecule has 1 unspecified atom stereocenters. The first kappa shape index (κ1) is 13.9. The molecule has 3 rings (SSSR count). The van der Waals surface area contributed by atoms with Crippen LogP contribution in [0.1, 0.15) is 38.3 Å². The van der Waals surface area contributed by atoms with Crippen LogP contribution in [0, 0.1) is 0 Å². The molecule has 1 atom stereocenters. The van der Waals surface area contributed by atoms with Crippen LogP contribution in [-0.4, -0.2) is 27.6 Å². The molecule has 21 heavy (non-hydrogen) atoms. The van der Waals surface area contributed by atoms with Gasteiger partial charge in [0.2, 0.25) is 0 Å². The van der Waals surface area contributed by atoms with Gasteiger partial charge in [0.1, 0.15) is 0 Å². The van der Waals surface area contributed by atoms with E-state index in [0.29, 0.717) is 6.54 Å². The average Bonchev–Trinajstić information content (AvgIpc) is 2.54. The molecule has 4 nitrogen and oxygen atoms in total. The molecule has 1 aromatic heterocycles. The lowest BCUT2D eigenvalue weighted by Gasteiger charge is -2.45. The van der Waals surface area contributed by atoms with E-state index in [-0.39, 0.29) is 0 Å². The van der Waals surface area contributed by atoms with Gasteiger partial charge in [0, 0.05) is 18.1 Å². The van der Waals surface area contributed by atoms with Crippen LogP contribution in [0.2, 0.25) is 0 Å². The SMILES string of the molecule is CCC1(c2nccc3ccccc23)CCCCN1C(=O)O. The van der Waals surface area contributed by atoms with Gasteiger partial charge in [-0.1, -0.05) is 31.2 Å². The Morgan fingerprint density at radius 1 is 1.33 bits per heavy atom. The van der Waals surface area contributed by atoms with Crippen LogP contribution >= 0.6 is 0 Å². The van der Waals surface area contributed by atoms with Gasteiger partial charge in [0.15, 0.2) is 0 Å². The maximum atomic E-state index is 11.7. The Morgan fingerprint density at radius 3 is 2.90 bits per heavy atom. The summed E-state index contributed by atoms with van der Waals surface area (Å²) in [5.74, 6) is 0. The molecule has 2 aromatic rings. The summed E-state index contributed by atoms with van der Waals surface area (Å²) in [5, 5.41) is 11.8. The van der Waals surface area contributed by atoms with Gasteiger partial charge >= 0.3 is 6.09 Å². The quantitative estimate of drug-likeness (QED) is 0.906. The Bertz CT molecular complexity index is 665. The predicted octanol–water partition coefficient (Wildman–Crippen LogP) is 4.00. The van der Waals surface area contributed by atoms with Crippen LogP contribution in [0.25, 0.3) is 10.8 Å². The van der Waals surface area contributed by atoms with E-state index in [1.54, 1.807) is 11.1 Å².